The summed E-state index contributed by atoms with van der Waals surface area (Å²) in [7, 11) is 0. The van der Waals surface area contributed by atoms with Gasteiger partial charge in [-0.15, -0.1) is 0 Å². The van der Waals surface area contributed by atoms with Crippen molar-refractivity contribution in [3.8, 4) is 5.75 Å². The minimum absolute atomic E-state index is 0.00445. The molecule has 130 valence electrons. The standard InChI is InChI=1S/C18H19N3O3S/c1-12-6-8-15(9-7-12)24-11-16(22)20-21-18(25)19-17(23)14-5-3-4-13(2)10-14/h3-10H,11H2,1-2H3,(H,20,22)(H2,19,21,23,25). The second-order valence-corrected chi connectivity index (χ2v) is 5.84. The number of hydrazine groups is 1. The van der Waals surface area contributed by atoms with E-state index in [9.17, 15) is 9.59 Å². The molecule has 0 saturated heterocycles. The van der Waals surface area contributed by atoms with Gasteiger partial charge in [0.05, 0.1) is 0 Å². The SMILES string of the molecule is Cc1ccc(OCC(=O)NNC(=S)NC(=O)c2cccc(C)c2)cc1. The van der Waals surface area contributed by atoms with Gasteiger partial charge in [-0.2, -0.15) is 0 Å². The molecule has 2 aromatic rings. The second-order valence-electron chi connectivity index (χ2n) is 5.43. The second kappa shape index (κ2) is 8.79. The lowest BCUT2D eigenvalue weighted by Gasteiger charge is -2.11. The fourth-order valence-corrected chi connectivity index (χ4v) is 2.08. The predicted molar refractivity (Wildman–Crippen MR) is 99.2 cm³/mol. The largest absolute Gasteiger partial charge is 0.484 e. The van der Waals surface area contributed by atoms with Crippen molar-refractivity contribution in [1.82, 2.24) is 16.2 Å². The molecule has 0 spiro atoms. The van der Waals surface area contributed by atoms with Crippen molar-refractivity contribution in [2.24, 2.45) is 0 Å². The van der Waals surface area contributed by atoms with Crippen LogP contribution in [0.15, 0.2) is 48.5 Å². The van der Waals surface area contributed by atoms with Gasteiger partial charge in [-0.1, -0.05) is 35.4 Å². The van der Waals surface area contributed by atoms with Gasteiger partial charge in [-0.05, 0) is 50.3 Å². The molecule has 0 aliphatic rings. The Kier molecular flexibility index (Phi) is 6.47. The summed E-state index contributed by atoms with van der Waals surface area (Å²) in [5.74, 6) is -0.185. The quantitative estimate of drug-likeness (QED) is 0.576. The number of hydrogen-bond acceptors (Lipinski definition) is 4. The van der Waals surface area contributed by atoms with Gasteiger partial charge in [0.2, 0.25) is 0 Å². The predicted octanol–water partition coefficient (Wildman–Crippen LogP) is 2.02. The van der Waals surface area contributed by atoms with Crippen molar-refractivity contribution >= 4 is 29.1 Å². The Bertz CT molecular complexity index is 775. The van der Waals surface area contributed by atoms with E-state index in [1.54, 1.807) is 30.3 Å². The van der Waals surface area contributed by atoms with Crippen molar-refractivity contribution in [2.45, 2.75) is 13.8 Å². The molecule has 2 aromatic carbocycles. The van der Waals surface area contributed by atoms with E-state index in [1.807, 2.05) is 32.0 Å². The summed E-state index contributed by atoms with van der Waals surface area (Å²) in [6, 6.07) is 14.4. The zero-order valence-corrected chi connectivity index (χ0v) is 14.8. The third-order valence-electron chi connectivity index (χ3n) is 3.21. The van der Waals surface area contributed by atoms with E-state index < -0.39 is 5.91 Å². The number of aryl methyl sites for hydroxylation is 2. The number of benzene rings is 2. The molecule has 0 fully saturated rings. The normalized spacial score (nSPS) is 9.84. The van der Waals surface area contributed by atoms with Crippen LogP contribution in [0.1, 0.15) is 21.5 Å². The van der Waals surface area contributed by atoms with Gasteiger partial charge in [-0.25, -0.2) is 0 Å². The lowest BCUT2D eigenvalue weighted by molar-refractivity contribution is -0.123. The van der Waals surface area contributed by atoms with E-state index in [-0.39, 0.29) is 17.6 Å². The summed E-state index contributed by atoms with van der Waals surface area (Å²) < 4.78 is 5.34. The molecule has 6 nitrogen and oxygen atoms in total. The van der Waals surface area contributed by atoms with Crippen molar-refractivity contribution in [3.05, 3.63) is 65.2 Å². The number of thiocarbonyl (C=S) groups is 1. The Morgan fingerprint density at radius 1 is 1.00 bits per heavy atom. The summed E-state index contributed by atoms with van der Waals surface area (Å²) >= 11 is 4.97. The minimum Gasteiger partial charge on any atom is -0.484 e. The van der Waals surface area contributed by atoms with Crippen molar-refractivity contribution < 1.29 is 14.3 Å². The van der Waals surface area contributed by atoms with Crippen molar-refractivity contribution in [2.75, 3.05) is 6.61 Å². The van der Waals surface area contributed by atoms with Crippen LogP contribution in [0.5, 0.6) is 5.75 Å². The molecule has 0 atom stereocenters. The molecule has 25 heavy (non-hydrogen) atoms. The first-order chi connectivity index (χ1) is 11.9. The number of nitrogens with one attached hydrogen (secondary N) is 3. The number of rotatable bonds is 4. The maximum Gasteiger partial charge on any atom is 0.276 e. The molecule has 0 radical (unpaired) electrons. The Balaban J connectivity index is 1.72. The van der Waals surface area contributed by atoms with Gasteiger partial charge in [-0.3, -0.25) is 25.8 Å². The highest BCUT2D eigenvalue weighted by Crippen LogP contribution is 2.10. The monoisotopic (exact) mass is 357 g/mol. The van der Waals surface area contributed by atoms with Crippen molar-refractivity contribution in [3.63, 3.8) is 0 Å². The number of carbonyl (C=O) groups is 2. The summed E-state index contributed by atoms with van der Waals surface area (Å²) in [6.07, 6.45) is 0. The van der Waals surface area contributed by atoms with Crippen LogP contribution in [0.25, 0.3) is 0 Å². The first-order valence-electron chi connectivity index (χ1n) is 7.60. The van der Waals surface area contributed by atoms with E-state index in [0.29, 0.717) is 11.3 Å². The maximum absolute atomic E-state index is 12.0. The molecule has 2 rings (SSSR count). The lowest BCUT2D eigenvalue weighted by atomic mass is 10.1. The van der Waals surface area contributed by atoms with E-state index in [0.717, 1.165) is 11.1 Å². The number of amides is 2. The molecule has 3 N–H and O–H groups in total. The van der Waals surface area contributed by atoms with Crippen LogP contribution in [0.3, 0.4) is 0 Å². The smallest absolute Gasteiger partial charge is 0.276 e. The fraction of sp³-hybridized carbons (Fsp3) is 0.167. The van der Waals surface area contributed by atoms with Crippen LogP contribution >= 0.6 is 12.2 Å². The summed E-state index contributed by atoms with van der Waals surface area (Å²) in [6.45, 7) is 3.68. The molecule has 0 aliphatic carbocycles. The lowest BCUT2D eigenvalue weighted by Crippen LogP contribution is -2.49. The van der Waals surface area contributed by atoms with Crippen LogP contribution in [-0.2, 0) is 4.79 Å². The Morgan fingerprint density at radius 3 is 2.40 bits per heavy atom. The third kappa shape index (κ3) is 6.23. The zero-order valence-electron chi connectivity index (χ0n) is 14.0. The van der Waals surface area contributed by atoms with Gasteiger partial charge >= 0.3 is 0 Å². The highest BCUT2D eigenvalue weighted by Gasteiger charge is 2.09. The first kappa shape index (κ1) is 18.4. The molecule has 0 aromatic heterocycles. The Labute approximate surface area is 151 Å². The molecular formula is C18H19N3O3S. The van der Waals surface area contributed by atoms with Gasteiger partial charge < -0.3 is 4.74 Å². The van der Waals surface area contributed by atoms with E-state index >= 15 is 0 Å². The zero-order chi connectivity index (χ0) is 18.2. The van der Waals surface area contributed by atoms with Gasteiger partial charge in [0.25, 0.3) is 11.8 Å². The molecule has 0 bridgehead atoms. The number of ether oxygens (including phenoxy) is 1. The van der Waals surface area contributed by atoms with E-state index in [1.165, 1.54) is 0 Å². The average Bonchev–Trinajstić information content (AvgIpc) is 2.59. The van der Waals surface area contributed by atoms with E-state index in [4.69, 9.17) is 17.0 Å². The first-order valence-corrected chi connectivity index (χ1v) is 8.01. The number of carbonyl (C=O) groups excluding carboxylic acids is 2. The minimum atomic E-state index is -0.423. The summed E-state index contributed by atoms with van der Waals surface area (Å²) in [5.41, 5.74) is 7.38. The van der Waals surface area contributed by atoms with Gasteiger partial charge in [0.15, 0.2) is 11.7 Å². The summed E-state index contributed by atoms with van der Waals surface area (Å²) in [4.78, 5) is 23.7. The third-order valence-corrected chi connectivity index (χ3v) is 3.42. The maximum atomic E-state index is 12.0. The molecule has 0 saturated carbocycles. The topological polar surface area (TPSA) is 79.5 Å². The highest BCUT2D eigenvalue weighted by atomic mass is 32.1. The van der Waals surface area contributed by atoms with Gasteiger partial charge in [0, 0.05) is 5.56 Å². The summed E-state index contributed by atoms with van der Waals surface area (Å²) in [5, 5.41) is 2.48. The molecule has 2 amide bonds. The van der Waals surface area contributed by atoms with Crippen LogP contribution < -0.4 is 20.9 Å². The fourth-order valence-electron chi connectivity index (χ4n) is 1.94. The molecule has 0 aliphatic heterocycles. The van der Waals surface area contributed by atoms with E-state index in [2.05, 4.69) is 16.2 Å². The molecule has 0 heterocycles. The van der Waals surface area contributed by atoms with Crippen LogP contribution in [0.2, 0.25) is 0 Å². The van der Waals surface area contributed by atoms with Crippen LogP contribution in [0.4, 0.5) is 0 Å². The Hall–Kier alpha value is -2.93. The van der Waals surface area contributed by atoms with Crippen molar-refractivity contribution in [1.29, 1.82) is 0 Å². The van der Waals surface area contributed by atoms with Crippen LogP contribution in [-0.4, -0.2) is 23.5 Å². The molecule has 0 unspecified atom stereocenters. The number of hydrogen-bond donors (Lipinski definition) is 3. The molecular weight excluding hydrogens is 338 g/mol. The van der Waals surface area contributed by atoms with Crippen LogP contribution in [0, 0.1) is 13.8 Å². The highest BCUT2D eigenvalue weighted by molar-refractivity contribution is 7.80. The molecule has 7 heteroatoms. The average molecular weight is 357 g/mol. The Morgan fingerprint density at radius 2 is 1.72 bits per heavy atom. The van der Waals surface area contributed by atoms with Gasteiger partial charge in [0.1, 0.15) is 5.75 Å².